The first kappa shape index (κ1) is 18.2. The van der Waals surface area contributed by atoms with Crippen LogP contribution in [-0.4, -0.2) is 10.2 Å². The van der Waals surface area contributed by atoms with Crippen molar-refractivity contribution in [3.63, 3.8) is 0 Å². The van der Waals surface area contributed by atoms with Gasteiger partial charge in [-0.2, -0.15) is 0 Å². The van der Waals surface area contributed by atoms with E-state index in [9.17, 15) is 4.79 Å². The van der Waals surface area contributed by atoms with Crippen molar-refractivity contribution < 1.29 is 9.21 Å². The predicted octanol–water partition coefficient (Wildman–Crippen LogP) is 6.89. The average molecular weight is 461 g/mol. The highest BCUT2D eigenvalue weighted by Gasteiger charge is 2.14. The molecule has 134 valence electrons. The third kappa shape index (κ3) is 3.79. The van der Waals surface area contributed by atoms with Gasteiger partial charge in [-0.25, -0.2) is 4.98 Å². The van der Waals surface area contributed by atoms with Crippen LogP contribution in [0.3, 0.4) is 0 Å². The molecule has 0 radical (unpaired) electrons. The van der Waals surface area contributed by atoms with E-state index in [2.05, 4.69) is 20.9 Å². The third-order valence-corrected chi connectivity index (χ3v) is 5.26. The maximum atomic E-state index is 11.1. The fourth-order valence-electron chi connectivity index (χ4n) is 2.89. The fraction of sp³-hybridized carbons (Fsp3) is 0.0476. The summed E-state index contributed by atoms with van der Waals surface area (Å²) in [5, 5.41) is -0.00307. The second kappa shape index (κ2) is 7.47. The summed E-state index contributed by atoms with van der Waals surface area (Å²) in [6.07, 6.45) is 0.0835. The lowest BCUT2D eigenvalue weighted by Crippen LogP contribution is -1.94. The van der Waals surface area contributed by atoms with E-state index in [1.807, 2.05) is 48.5 Å². The number of aromatic nitrogens is 1. The molecule has 3 nitrogen and oxygen atoms in total. The Morgan fingerprint density at radius 2 is 1.78 bits per heavy atom. The van der Waals surface area contributed by atoms with E-state index in [4.69, 9.17) is 27.6 Å². The van der Waals surface area contributed by atoms with E-state index in [0.717, 1.165) is 26.7 Å². The summed E-state index contributed by atoms with van der Waals surface area (Å²) in [7, 11) is 0. The van der Waals surface area contributed by atoms with Gasteiger partial charge in [-0.3, -0.25) is 4.79 Å². The highest BCUT2D eigenvalue weighted by molar-refractivity contribution is 9.10. The molecule has 1 aromatic heterocycles. The van der Waals surface area contributed by atoms with Crippen molar-refractivity contribution in [2.24, 2.45) is 0 Å². The Bertz CT molecular complexity index is 1160. The van der Waals surface area contributed by atoms with Crippen LogP contribution in [0.4, 0.5) is 0 Å². The second-order valence-corrected chi connectivity index (χ2v) is 7.71. The first-order chi connectivity index (χ1) is 13.0. The van der Waals surface area contributed by atoms with Gasteiger partial charge in [0.25, 0.3) is 0 Å². The lowest BCUT2D eigenvalue weighted by Gasteiger charge is -2.02. The van der Waals surface area contributed by atoms with Gasteiger partial charge in [0.1, 0.15) is 5.52 Å². The van der Waals surface area contributed by atoms with E-state index in [1.165, 1.54) is 0 Å². The van der Waals surface area contributed by atoms with Gasteiger partial charge in [-0.15, -0.1) is 0 Å². The average Bonchev–Trinajstić information content (AvgIpc) is 3.08. The first-order valence-corrected chi connectivity index (χ1v) is 9.69. The summed E-state index contributed by atoms with van der Waals surface area (Å²) in [4.78, 5) is 15.7. The number of hydrogen-bond donors (Lipinski definition) is 0. The van der Waals surface area contributed by atoms with E-state index in [1.54, 1.807) is 12.1 Å². The molecular weight excluding hydrogens is 449 g/mol. The third-order valence-electron chi connectivity index (χ3n) is 4.18. The minimum absolute atomic E-state index is 0.0835. The summed E-state index contributed by atoms with van der Waals surface area (Å²) in [6.45, 7) is 0. The maximum absolute atomic E-state index is 11.1. The lowest BCUT2D eigenvalue weighted by atomic mass is 10.1. The number of benzene rings is 3. The van der Waals surface area contributed by atoms with Gasteiger partial charge >= 0.3 is 0 Å². The molecule has 0 aliphatic carbocycles. The predicted molar refractivity (Wildman–Crippen MR) is 112 cm³/mol. The number of carbonyl (C=O) groups is 1. The minimum atomic E-state index is -0.455. The van der Waals surface area contributed by atoms with Gasteiger partial charge in [-0.05, 0) is 68.5 Å². The van der Waals surface area contributed by atoms with E-state index in [0.29, 0.717) is 22.1 Å². The molecule has 0 N–H and O–H groups in total. The zero-order valence-corrected chi connectivity index (χ0v) is 17.0. The Balaban J connectivity index is 1.77. The van der Waals surface area contributed by atoms with Crippen LogP contribution in [0.2, 0.25) is 5.02 Å². The number of halogens is 3. The number of fused-ring (bicyclic) bond motifs is 1. The molecule has 0 aliphatic rings. The van der Waals surface area contributed by atoms with Crippen molar-refractivity contribution in [2.45, 2.75) is 6.42 Å². The number of nitrogens with zero attached hydrogens (tertiary/aromatic N) is 1. The van der Waals surface area contributed by atoms with Crippen molar-refractivity contribution in [2.75, 3.05) is 0 Å². The quantitative estimate of drug-likeness (QED) is 0.311. The van der Waals surface area contributed by atoms with Crippen LogP contribution in [0.25, 0.3) is 33.7 Å². The molecule has 0 fully saturated rings. The molecule has 0 bridgehead atoms. The topological polar surface area (TPSA) is 43.1 Å². The zero-order valence-electron chi connectivity index (χ0n) is 13.9. The molecule has 0 saturated carbocycles. The second-order valence-electron chi connectivity index (χ2n) is 6.03. The number of carbonyl (C=O) groups excluding carboxylic acids is 1. The molecule has 6 heteroatoms. The smallest absolute Gasteiger partial charge is 0.227 e. The lowest BCUT2D eigenvalue weighted by molar-refractivity contribution is -0.111. The van der Waals surface area contributed by atoms with Gasteiger partial charge < -0.3 is 4.42 Å². The van der Waals surface area contributed by atoms with Gasteiger partial charge in [0, 0.05) is 17.0 Å². The van der Waals surface area contributed by atoms with E-state index in [-0.39, 0.29) is 6.42 Å². The number of rotatable bonds is 4. The molecule has 4 rings (SSSR count). The van der Waals surface area contributed by atoms with Crippen LogP contribution in [0, 0.1) is 0 Å². The maximum Gasteiger partial charge on any atom is 0.227 e. The van der Waals surface area contributed by atoms with Crippen LogP contribution < -0.4 is 0 Å². The Kier molecular flexibility index (Phi) is 5.04. The minimum Gasteiger partial charge on any atom is -0.435 e. The highest BCUT2D eigenvalue weighted by Crippen LogP contribution is 2.35. The van der Waals surface area contributed by atoms with Crippen molar-refractivity contribution in [3.05, 3.63) is 75.7 Å². The van der Waals surface area contributed by atoms with Gasteiger partial charge in [0.2, 0.25) is 11.1 Å². The highest BCUT2D eigenvalue weighted by atomic mass is 79.9. The van der Waals surface area contributed by atoms with Crippen LogP contribution in [-0.2, 0) is 11.2 Å². The molecule has 27 heavy (non-hydrogen) atoms. The normalized spacial score (nSPS) is 11.1. The molecule has 0 aliphatic heterocycles. The summed E-state index contributed by atoms with van der Waals surface area (Å²) in [5.41, 5.74) is 4.96. The summed E-state index contributed by atoms with van der Waals surface area (Å²) in [6, 6.07) is 19.4. The van der Waals surface area contributed by atoms with Gasteiger partial charge in [0.15, 0.2) is 5.58 Å². The molecule has 0 unspecified atom stereocenters. The first-order valence-electron chi connectivity index (χ1n) is 8.14. The number of hydrogen-bond acceptors (Lipinski definition) is 3. The monoisotopic (exact) mass is 459 g/mol. The summed E-state index contributed by atoms with van der Waals surface area (Å²) >= 11 is 15.3. The van der Waals surface area contributed by atoms with Crippen molar-refractivity contribution in [1.29, 1.82) is 0 Å². The fourth-order valence-corrected chi connectivity index (χ4v) is 3.81. The van der Waals surface area contributed by atoms with Crippen molar-refractivity contribution >= 4 is 55.5 Å². The van der Waals surface area contributed by atoms with Crippen LogP contribution in [0.5, 0.6) is 0 Å². The molecule has 0 amide bonds. The Labute approximate surface area is 174 Å². The molecule has 1 heterocycles. The van der Waals surface area contributed by atoms with E-state index < -0.39 is 5.24 Å². The largest absolute Gasteiger partial charge is 0.435 e. The van der Waals surface area contributed by atoms with Gasteiger partial charge in [-0.1, -0.05) is 48.0 Å². The molecule has 0 saturated heterocycles. The van der Waals surface area contributed by atoms with Crippen molar-refractivity contribution in [1.82, 2.24) is 4.98 Å². The SMILES string of the molecule is O=C(Cl)Cc1ccc(-c2nc3cc(-c4ccccc4)cc(Br)c3o2)cc1Cl. The summed E-state index contributed by atoms with van der Waals surface area (Å²) in [5.74, 6) is 0.460. The summed E-state index contributed by atoms with van der Waals surface area (Å²) < 4.78 is 6.77. The standard InChI is InChI=1S/C21H12BrCl2NO2/c22-16-8-15(12-4-2-1-3-5-12)10-18-20(16)27-21(25-18)14-7-6-13(11-19(24)26)17(23)9-14/h1-10H,11H2. The Morgan fingerprint density at radius 1 is 1.00 bits per heavy atom. The van der Waals surface area contributed by atoms with Crippen LogP contribution >= 0.6 is 39.1 Å². The van der Waals surface area contributed by atoms with Gasteiger partial charge in [0.05, 0.1) is 4.47 Å². The molecule has 3 aromatic carbocycles. The van der Waals surface area contributed by atoms with Crippen LogP contribution in [0.15, 0.2) is 69.6 Å². The Hall–Kier alpha value is -2.14. The van der Waals surface area contributed by atoms with E-state index >= 15 is 0 Å². The molecule has 0 spiro atoms. The van der Waals surface area contributed by atoms with Crippen LogP contribution in [0.1, 0.15) is 5.56 Å². The number of oxazole rings is 1. The Morgan fingerprint density at radius 3 is 2.48 bits per heavy atom. The molecule has 4 aromatic rings. The molecular formula is C21H12BrCl2NO2. The van der Waals surface area contributed by atoms with Crippen molar-refractivity contribution in [3.8, 4) is 22.6 Å². The molecule has 0 atom stereocenters. The zero-order chi connectivity index (χ0) is 19.0.